The van der Waals surface area contributed by atoms with Gasteiger partial charge in [-0.05, 0) is 54.3 Å². The predicted octanol–water partition coefficient (Wildman–Crippen LogP) is 4.60. The van der Waals surface area contributed by atoms with Gasteiger partial charge in [-0.3, -0.25) is 4.79 Å². The molecule has 1 aromatic heterocycles. The lowest BCUT2D eigenvalue weighted by Crippen LogP contribution is -2.39. The third-order valence-corrected chi connectivity index (χ3v) is 7.00. The molecule has 0 radical (unpaired) electrons. The molecule has 2 aromatic carbocycles. The van der Waals surface area contributed by atoms with Crippen LogP contribution in [-0.4, -0.2) is 30.3 Å². The van der Waals surface area contributed by atoms with Gasteiger partial charge >= 0.3 is 12.3 Å². The van der Waals surface area contributed by atoms with E-state index in [0.717, 1.165) is 11.1 Å². The number of esters is 1. The summed E-state index contributed by atoms with van der Waals surface area (Å²) >= 11 is 0. The average Bonchev–Trinajstić information content (AvgIpc) is 3.65. The Bertz CT molecular complexity index is 1410. The zero-order valence-corrected chi connectivity index (χ0v) is 19.7. The molecule has 1 aliphatic carbocycles. The molecule has 1 N–H and O–H groups in total. The second-order valence-corrected chi connectivity index (χ2v) is 9.29. The number of pyridine rings is 1. The number of ether oxygens (including phenoxy) is 4. The minimum Gasteiger partial charge on any atom is -0.469 e. The molecule has 1 amide bonds. The van der Waals surface area contributed by atoms with Crippen LogP contribution >= 0.6 is 0 Å². The number of amides is 1. The topological polar surface area (TPSA) is 96.0 Å². The Morgan fingerprint density at radius 1 is 1.05 bits per heavy atom. The van der Waals surface area contributed by atoms with Gasteiger partial charge in [-0.25, -0.2) is 9.78 Å². The number of aromatic nitrogens is 1. The standard InChI is InChI=1S/C27H22F2N2O6/c1-34-24(32)16-5-2-4-15(12-16)21-14-19(18-6-3-11-30-23(18)35-21)31-25(33)26(9-10-26)17-7-8-20-22(13-17)37-27(28,29)36-20/h2-8,11-13,19,21H,9-10,14H2,1H3,(H,31,33)/t19-,21-/m1/s1. The Kier molecular flexibility index (Phi) is 5.29. The van der Waals surface area contributed by atoms with E-state index in [4.69, 9.17) is 9.47 Å². The van der Waals surface area contributed by atoms with Crippen molar-refractivity contribution in [3.05, 3.63) is 83.0 Å². The van der Waals surface area contributed by atoms with Crippen LogP contribution in [-0.2, 0) is 14.9 Å². The third kappa shape index (κ3) is 4.12. The van der Waals surface area contributed by atoms with Gasteiger partial charge in [0.05, 0.1) is 24.1 Å². The van der Waals surface area contributed by atoms with Gasteiger partial charge in [0.1, 0.15) is 6.10 Å². The number of rotatable bonds is 5. The number of fused-ring (bicyclic) bond motifs is 2. The van der Waals surface area contributed by atoms with E-state index < -0.39 is 29.8 Å². The summed E-state index contributed by atoms with van der Waals surface area (Å²) in [4.78, 5) is 30.0. The normalized spacial score (nSPS) is 21.8. The molecule has 2 atom stereocenters. The number of carbonyl (C=O) groups excluding carboxylic acids is 2. The van der Waals surface area contributed by atoms with Crippen molar-refractivity contribution in [2.24, 2.45) is 0 Å². The Morgan fingerprint density at radius 3 is 2.65 bits per heavy atom. The summed E-state index contributed by atoms with van der Waals surface area (Å²) in [5.74, 6) is -0.443. The molecular formula is C27H22F2N2O6. The van der Waals surface area contributed by atoms with Crippen LogP contribution in [0, 0.1) is 0 Å². The van der Waals surface area contributed by atoms with E-state index >= 15 is 0 Å². The highest BCUT2D eigenvalue weighted by Gasteiger charge is 2.53. The smallest absolute Gasteiger partial charge is 0.469 e. The summed E-state index contributed by atoms with van der Waals surface area (Å²) in [5.41, 5.74) is 1.61. The summed E-state index contributed by atoms with van der Waals surface area (Å²) in [7, 11) is 1.32. The van der Waals surface area contributed by atoms with Crippen molar-refractivity contribution in [2.45, 2.75) is 43.1 Å². The van der Waals surface area contributed by atoms with Crippen LogP contribution < -0.4 is 19.5 Å². The highest BCUT2D eigenvalue weighted by molar-refractivity contribution is 5.92. The third-order valence-electron chi connectivity index (χ3n) is 7.00. The summed E-state index contributed by atoms with van der Waals surface area (Å²) in [5, 5.41) is 3.14. The molecule has 3 heterocycles. The second-order valence-electron chi connectivity index (χ2n) is 9.29. The van der Waals surface area contributed by atoms with Gasteiger partial charge in [0, 0.05) is 18.2 Å². The molecule has 0 spiro atoms. The van der Waals surface area contributed by atoms with Gasteiger partial charge in [0.15, 0.2) is 11.5 Å². The van der Waals surface area contributed by atoms with Gasteiger partial charge in [0.2, 0.25) is 11.8 Å². The van der Waals surface area contributed by atoms with Gasteiger partial charge in [-0.2, -0.15) is 0 Å². The van der Waals surface area contributed by atoms with Crippen molar-refractivity contribution in [1.82, 2.24) is 10.3 Å². The van der Waals surface area contributed by atoms with Crippen molar-refractivity contribution >= 4 is 11.9 Å². The molecule has 6 rings (SSSR count). The van der Waals surface area contributed by atoms with Crippen LogP contribution in [0.5, 0.6) is 17.4 Å². The zero-order chi connectivity index (χ0) is 25.8. The van der Waals surface area contributed by atoms with Gasteiger partial charge in [-0.15, -0.1) is 8.78 Å². The number of methoxy groups -OCH3 is 1. The van der Waals surface area contributed by atoms with Crippen LogP contribution in [0.1, 0.15) is 58.5 Å². The lowest BCUT2D eigenvalue weighted by Gasteiger charge is -2.33. The van der Waals surface area contributed by atoms with Crippen LogP contribution in [0.2, 0.25) is 0 Å². The first-order valence-electron chi connectivity index (χ1n) is 11.8. The van der Waals surface area contributed by atoms with Gasteiger partial charge in [0.25, 0.3) is 0 Å². The van der Waals surface area contributed by atoms with Gasteiger partial charge < -0.3 is 24.3 Å². The van der Waals surface area contributed by atoms with E-state index in [9.17, 15) is 18.4 Å². The SMILES string of the molecule is COC(=O)c1cccc([C@H]2C[C@@H](NC(=O)C3(c4ccc5c(c4)OC(F)(F)O5)CC3)c3cccnc3O2)c1. The highest BCUT2D eigenvalue weighted by atomic mass is 19.3. The Morgan fingerprint density at radius 2 is 1.86 bits per heavy atom. The molecule has 37 heavy (non-hydrogen) atoms. The molecule has 8 nitrogen and oxygen atoms in total. The second kappa shape index (κ2) is 8.43. The van der Waals surface area contributed by atoms with E-state index in [1.807, 2.05) is 12.1 Å². The van der Waals surface area contributed by atoms with E-state index in [0.29, 0.717) is 36.3 Å². The molecule has 0 unspecified atom stereocenters. The maximum absolute atomic E-state index is 13.6. The molecule has 10 heteroatoms. The predicted molar refractivity (Wildman–Crippen MR) is 124 cm³/mol. The van der Waals surface area contributed by atoms with Crippen LogP contribution in [0.4, 0.5) is 8.78 Å². The summed E-state index contributed by atoms with van der Waals surface area (Å²) < 4.78 is 47.0. The summed E-state index contributed by atoms with van der Waals surface area (Å²) in [6, 6.07) is 14.6. The minimum atomic E-state index is -3.72. The fraction of sp³-hybridized carbons (Fsp3) is 0.296. The number of hydrogen-bond acceptors (Lipinski definition) is 7. The maximum Gasteiger partial charge on any atom is 0.586 e. The van der Waals surface area contributed by atoms with Crippen molar-refractivity contribution < 1.29 is 37.3 Å². The first-order chi connectivity index (χ1) is 17.8. The fourth-order valence-electron chi connectivity index (χ4n) is 4.93. The maximum atomic E-state index is 13.6. The number of carbonyl (C=O) groups is 2. The summed E-state index contributed by atoms with van der Waals surface area (Å²) in [6.45, 7) is 0. The highest BCUT2D eigenvalue weighted by Crippen LogP contribution is 2.52. The van der Waals surface area contributed by atoms with Crippen LogP contribution in [0.15, 0.2) is 60.8 Å². The van der Waals surface area contributed by atoms with Crippen molar-refractivity contribution in [1.29, 1.82) is 0 Å². The zero-order valence-electron chi connectivity index (χ0n) is 19.7. The molecular weight excluding hydrogens is 486 g/mol. The lowest BCUT2D eigenvalue weighted by atomic mass is 9.91. The first kappa shape index (κ1) is 23.2. The van der Waals surface area contributed by atoms with Crippen molar-refractivity contribution in [3.63, 3.8) is 0 Å². The van der Waals surface area contributed by atoms with Crippen molar-refractivity contribution in [2.75, 3.05) is 7.11 Å². The monoisotopic (exact) mass is 508 g/mol. The molecule has 3 aromatic rings. The number of halogens is 2. The molecule has 0 saturated heterocycles. The largest absolute Gasteiger partial charge is 0.586 e. The number of nitrogens with one attached hydrogen (secondary N) is 1. The minimum absolute atomic E-state index is 0.0635. The van der Waals surface area contributed by atoms with Crippen molar-refractivity contribution in [3.8, 4) is 17.4 Å². The molecule has 1 fully saturated rings. The average molecular weight is 508 g/mol. The molecule has 0 bridgehead atoms. The van der Waals surface area contributed by atoms with Gasteiger partial charge in [-0.1, -0.05) is 24.3 Å². The Balaban J connectivity index is 1.26. The number of hydrogen-bond donors (Lipinski definition) is 1. The van der Waals surface area contributed by atoms with Crippen LogP contribution in [0.25, 0.3) is 0 Å². The van der Waals surface area contributed by atoms with E-state index in [2.05, 4.69) is 19.8 Å². The molecule has 190 valence electrons. The van der Waals surface area contributed by atoms with E-state index in [1.54, 1.807) is 36.5 Å². The molecule has 3 aliphatic rings. The van der Waals surface area contributed by atoms with E-state index in [1.165, 1.54) is 19.2 Å². The Labute approximate surface area is 210 Å². The first-order valence-corrected chi connectivity index (χ1v) is 11.8. The quantitative estimate of drug-likeness (QED) is 0.503. The van der Waals surface area contributed by atoms with Crippen LogP contribution in [0.3, 0.4) is 0 Å². The number of alkyl halides is 2. The Hall–Kier alpha value is -4.21. The lowest BCUT2D eigenvalue weighted by molar-refractivity contribution is -0.286. The molecule has 1 saturated carbocycles. The summed E-state index contributed by atoms with van der Waals surface area (Å²) in [6.07, 6.45) is -1.04. The number of nitrogens with zero attached hydrogens (tertiary/aromatic N) is 1. The number of benzene rings is 2. The molecule has 2 aliphatic heterocycles. The van der Waals surface area contributed by atoms with E-state index in [-0.39, 0.29) is 17.4 Å². The fourth-order valence-corrected chi connectivity index (χ4v) is 4.93.